The Hall–Kier alpha value is 0.267. The molecule has 2 heteroatoms. The average Bonchev–Trinajstić information content (AvgIpc) is 1.38. The van der Waals surface area contributed by atoms with Gasteiger partial charge in [0.2, 0.25) is 0 Å². The van der Waals surface area contributed by atoms with Crippen molar-refractivity contribution >= 4 is 24.6 Å². The predicted octanol–water partition coefficient (Wildman–Crippen LogP) is 0.605. The fraction of sp³-hybridized carbons (Fsp3) is 0.750. The van der Waals surface area contributed by atoms with E-state index < -0.39 is 0 Å². The molecular formula is C4H8LiO. The third kappa shape index (κ3) is 8.86. The molecule has 0 bridgehead atoms. The van der Waals surface area contributed by atoms with E-state index in [0.29, 0.717) is 6.42 Å². The fourth-order valence-electron chi connectivity index (χ4n) is 0. The van der Waals surface area contributed by atoms with Crippen molar-refractivity contribution in [2.24, 2.45) is 0 Å². The standard InChI is InChI=1S/C4H8O.Li/c1-3-4(2)5;/h3H2,1-2H3;. The topological polar surface area (TPSA) is 17.1 Å². The number of hydrogen-bond acceptors (Lipinski definition) is 1. The van der Waals surface area contributed by atoms with E-state index in [2.05, 4.69) is 0 Å². The number of carbonyl (C=O) groups excluding carboxylic acids is 1. The van der Waals surface area contributed by atoms with Crippen LogP contribution in [0.4, 0.5) is 0 Å². The second-order valence-corrected chi connectivity index (χ2v) is 1.06. The monoisotopic (exact) mass is 79.1 g/mol. The summed E-state index contributed by atoms with van der Waals surface area (Å²) in [5, 5.41) is 0. The molecule has 1 radical (unpaired) electrons. The summed E-state index contributed by atoms with van der Waals surface area (Å²) in [4.78, 5) is 9.81. The van der Waals surface area contributed by atoms with Gasteiger partial charge in [-0.15, -0.1) is 0 Å². The van der Waals surface area contributed by atoms with Crippen molar-refractivity contribution in [2.45, 2.75) is 20.3 Å². The molecule has 0 heterocycles. The first-order valence-corrected chi connectivity index (χ1v) is 1.76. The number of hydrogen-bond donors (Lipinski definition) is 0. The van der Waals surface area contributed by atoms with Gasteiger partial charge in [-0.3, -0.25) is 0 Å². The quantitative estimate of drug-likeness (QED) is 0.421. The minimum atomic E-state index is 0. The second kappa shape index (κ2) is 5.27. The van der Waals surface area contributed by atoms with Gasteiger partial charge in [-0.05, 0) is 6.92 Å². The fourth-order valence-corrected chi connectivity index (χ4v) is 0. The van der Waals surface area contributed by atoms with E-state index in [1.165, 1.54) is 0 Å². The summed E-state index contributed by atoms with van der Waals surface area (Å²) in [6, 6.07) is 0. The first-order chi connectivity index (χ1) is 2.27. The molecule has 0 amide bonds. The normalized spacial score (nSPS) is 6.33. The van der Waals surface area contributed by atoms with Crippen molar-refractivity contribution in [2.75, 3.05) is 0 Å². The Balaban J connectivity index is 0. The number of carbonyl (C=O) groups is 1. The molecule has 0 saturated carbocycles. The van der Waals surface area contributed by atoms with E-state index >= 15 is 0 Å². The maximum Gasteiger partial charge on any atom is 0.129 e. The summed E-state index contributed by atoms with van der Waals surface area (Å²) < 4.78 is 0. The molecule has 31 valence electrons. The molecule has 0 unspecified atom stereocenters. The molecule has 0 aromatic heterocycles. The van der Waals surface area contributed by atoms with Crippen LogP contribution in [0.2, 0.25) is 0 Å². The Labute approximate surface area is 50.3 Å². The van der Waals surface area contributed by atoms with Gasteiger partial charge in [-0.25, -0.2) is 0 Å². The van der Waals surface area contributed by atoms with Gasteiger partial charge in [0.25, 0.3) is 0 Å². The van der Waals surface area contributed by atoms with Crippen LogP contribution in [0.25, 0.3) is 0 Å². The second-order valence-electron chi connectivity index (χ2n) is 1.06. The predicted molar refractivity (Wildman–Crippen MR) is 26.7 cm³/mol. The molecule has 0 aliphatic rings. The van der Waals surface area contributed by atoms with Gasteiger partial charge in [0.05, 0.1) is 0 Å². The van der Waals surface area contributed by atoms with Crippen LogP contribution in [0, 0.1) is 0 Å². The summed E-state index contributed by atoms with van der Waals surface area (Å²) in [5.41, 5.74) is 0. The number of ketones is 1. The molecule has 6 heavy (non-hydrogen) atoms. The maximum atomic E-state index is 9.81. The van der Waals surface area contributed by atoms with E-state index in [-0.39, 0.29) is 24.6 Å². The molecule has 1 nitrogen and oxygen atoms in total. The molecular weight excluding hydrogens is 71.0 g/mol. The van der Waals surface area contributed by atoms with Crippen LogP contribution in [0.5, 0.6) is 0 Å². The molecule has 0 atom stereocenters. The molecule has 0 aromatic rings. The van der Waals surface area contributed by atoms with Crippen LogP contribution in [0.3, 0.4) is 0 Å². The third-order valence-corrected chi connectivity index (χ3v) is 0.498. The van der Waals surface area contributed by atoms with Crippen LogP contribution in [-0.4, -0.2) is 24.6 Å². The van der Waals surface area contributed by atoms with Crippen molar-refractivity contribution in [3.8, 4) is 0 Å². The first kappa shape index (κ1) is 9.55. The van der Waals surface area contributed by atoms with E-state index in [1.807, 2.05) is 6.92 Å². The van der Waals surface area contributed by atoms with E-state index in [1.54, 1.807) is 6.92 Å². The number of Topliss-reactive ketones (excluding diaryl/α,β-unsaturated/α-hetero) is 1. The van der Waals surface area contributed by atoms with Gasteiger partial charge < -0.3 is 4.79 Å². The summed E-state index contributed by atoms with van der Waals surface area (Å²) in [6.07, 6.45) is 0.667. The van der Waals surface area contributed by atoms with Gasteiger partial charge in [-0.2, -0.15) is 0 Å². The Morgan fingerprint density at radius 2 is 1.83 bits per heavy atom. The Bertz CT molecular complexity index is 42.8. The zero-order chi connectivity index (χ0) is 4.28. The first-order valence-electron chi connectivity index (χ1n) is 1.76. The molecule has 0 saturated heterocycles. The summed E-state index contributed by atoms with van der Waals surface area (Å²) >= 11 is 0. The average molecular weight is 79.0 g/mol. The Kier molecular flexibility index (Phi) is 8.38. The van der Waals surface area contributed by atoms with Gasteiger partial charge in [0, 0.05) is 25.3 Å². The van der Waals surface area contributed by atoms with Gasteiger partial charge >= 0.3 is 0 Å². The Morgan fingerprint density at radius 3 is 1.83 bits per heavy atom. The Morgan fingerprint density at radius 1 is 1.67 bits per heavy atom. The number of rotatable bonds is 1. The van der Waals surface area contributed by atoms with Crippen LogP contribution >= 0.6 is 0 Å². The zero-order valence-corrected chi connectivity index (χ0v) is 4.62. The maximum absolute atomic E-state index is 9.81. The van der Waals surface area contributed by atoms with Crippen LogP contribution in [0.1, 0.15) is 20.3 Å². The van der Waals surface area contributed by atoms with Crippen molar-refractivity contribution in [1.82, 2.24) is 0 Å². The minimum Gasteiger partial charge on any atom is -0.300 e. The SMILES string of the molecule is CCC(C)=O.[Li]. The largest absolute Gasteiger partial charge is 0.300 e. The molecule has 0 aromatic carbocycles. The van der Waals surface area contributed by atoms with Crippen LogP contribution < -0.4 is 0 Å². The van der Waals surface area contributed by atoms with Crippen molar-refractivity contribution < 1.29 is 4.79 Å². The molecule has 0 spiro atoms. The smallest absolute Gasteiger partial charge is 0.129 e. The van der Waals surface area contributed by atoms with Crippen molar-refractivity contribution in [3.05, 3.63) is 0 Å². The van der Waals surface area contributed by atoms with E-state index in [4.69, 9.17) is 0 Å². The van der Waals surface area contributed by atoms with Gasteiger partial charge in [0.15, 0.2) is 0 Å². The molecule has 0 N–H and O–H groups in total. The molecule has 0 aliphatic carbocycles. The molecule has 0 fully saturated rings. The van der Waals surface area contributed by atoms with Crippen molar-refractivity contribution in [1.29, 1.82) is 0 Å². The van der Waals surface area contributed by atoms with Gasteiger partial charge in [-0.1, -0.05) is 6.92 Å². The summed E-state index contributed by atoms with van der Waals surface area (Å²) in [5.74, 6) is 0.255. The molecule has 0 aliphatic heterocycles. The minimum absolute atomic E-state index is 0. The zero-order valence-electron chi connectivity index (χ0n) is 4.62. The summed E-state index contributed by atoms with van der Waals surface area (Å²) in [7, 11) is 0. The van der Waals surface area contributed by atoms with E-state index in [0.717, 1.165) is 0 Å². The van der Waals surface area contributed by atoms with Crippen LogP contribution in [0.15, 0.2) is 0 Å². The van der Waals surface area contributed by atoms with Crippen LogP contribution in [-0.2, 0) is 4.79 Å². The third-order valence-electron chi connectivity index (χ3n) is 0.498. The molecule has 0 rings (SSSR count). The van der Waals surface area contributed by atoms with E-state index in [9.17, 15) is 4.79 Å². The summed E-state index contributed by atoms with van der Waals surface area (Å²) in [6.45, 7) is 3.43. The van der Waals surface area contributed by atoms with Gasteiger partial charge in [0.1, 0.15) is 5.78 Å². The van der Waals surface area contributed by atoms with Crippen molar-refractivity contribution in [3.63, 3.8) is 0 Å².